The summed E-state index contributed by atoms with van der Waals surface area (Å²) >= 11 is 0. The highest BCUT2D eigenvalue weighted by Gasteiger charge is 2.22. The van der Waals surface area contributed by atoms with Gasteiger partial charge >= 0.3 is 0 Å². The number of fused-ring (bicyclic) bond motifs is 2. The summed E-state index contributed by atoms with van der Waals surface area (Å²) < 4.78 is 17.5. The van der Waals surface area contributed by atoms with Gasteiger partial charge in [-0.1, -0.05) is 6.07 Å². The van der Waals surface area contributed by atoms with Gasteiger partial charge in [0.1, 0.15) is 17.7 Å². The summed E-state index contributed by atoms with van der Waals surface area (Å²) in [6.07, 6.45) is 1.20. The van der Waals surface area contributed by atoms with Crippen molar-refractivity contribution >= 4 is 28.3 Å². The molecular weight excluding hydrogens is 401 g/mol. The highest BCUT2D eigenvalue weighted by atomic mass is 19.1. The summed E-state index contributed by atoms with van der Waals surface area (Å²) in [6, 6.07) is 8.00. The molecule has 162 valence electrons. The Morgan fingerprint density at radius 1 is 1.23 bits per heavy atom. The van der Waals surface area contributed by atoms with Crippen molar-refractivity contribution in [2.24, 2.45) is 0 Å². The number of halogens is 1. The van der Waals surface area contributed by atoms with Gasteiger partial charge in [-0.05, 0) is 57.5 Å². The molecule has 0 saturated carbocycles. The Morgan fingerprint density at radius 2 is 2.00 bits per heavy atom. The van der Waals surface area contributed by atoms with Crippen LogP contribution in [0.2, 0.25) is 0 Å². The fraction of sp³-hybridized carbons (Fsp3) is 0.333. The lowest BCUT2D eigenvalue weighted by atomic mass is 9.98. The van der Waals surface area contributed by atoms with Crippen LogP contribution >= 0.6 is 0 Å². The zero-order valence-electron chi connectivity index (χ0n) is 17.6. The number of amides is 1. The number of aromatic nitrogens is 6. The third kappa shape index (κ3) is 4.00. The molecular formula is C21H24FN7O2. The molecule has 0 aliphatic rings. The van der Waals surface area contributed by atoms with Crippen LogP contribution in [0.5, 0.6) is 0 Å². The monoisotopic (exact) mass is 425 g/mol. The third-order valence-electron chi connectivity index (χ3n) is 4.91. The fourth-order valence-corrected chi connectivity index (χ4v) is 3.31. The Labute approximate surface area is 178 Å². The van der Waals surface area contributed by atoms with E-state index in [0.29, 0.717) is 27.9 Å². The smallest absolute Gasteiger partial charge is 0.231 e. The molecule has 0 unspecified atom stereocenters. The van der Waals surface area contributed by atoms with Gasteiger partial charge in [-0.3, -0.25) is 14.3 Å². The number of nitrogens with zero attached hydrogens (tertiary/aromatic N) is 6. The summed E-state index contributed by atoms with van der Waals surface area (Å²) in [5.74, 6) is -0.127. The number of hydrogen-bond donors (Lipinski definition) is 1. The molecule has 3 aromatic heterocycles. The zero-order valence-corrected chi connectivity index (χ0v) is 17.6. The largest absolute Gasteiger partial charge is 0.309 e. The summed E-state index contributed by atoms with van der Waals surface area (Å²) in [4.78, 5) is 25.6. The molecule has 31 heavy (non-hydrogen) atoms. The summed E-state index contributed by atoms with van der Waals surface area (Å²) in [5.41, 5.74) is -0.263. The van der Waals surface area contributed by atoms with E-state index in [1.165, 1.54) is 24.7 Å². The van der Waals surface area contributed by atoms with Crippen molar-refractivity contribution in [3.05, 3.63) is 58.1 Å². The number of rotatable bonds is 5. The van der Waals surface area contributed by atoms with Crippen LogP contribution in [0.3, 0.4) is 0 Å². The Hall–Kier alpha value is -3.69. The minimum absolute atomic E-state index is 0. The number of alkyl halides is 1. The molecule has 0 fully saturated rings. The van der Waals surface area contributed by atoms with Gasteiger partial charge in [0.05, 0.1) is 11.9 Å². The molecule has 1 amide bonds. The molecule has 1 N–H and O–H groups in total. The van der Waals surface area contributed by atoms with Crippen LogP contribution in [-0.2, 0) is 16.9 Å². The van der Waals surface area contributed by atoms with E-state index in [9.17, 15) is 14.0 Å². The van der Waals surface area contributed by atoms with Crippen LogP contribution < -0.4 is 10.7 Å². The first-order valence-corrected chi connectivity index (χ1v) is 9.85. The molecule has 0 bridgehead atoms. The number of nitrogens with one attached hydrogen (secondary N) is 1. The van der Waals surface area contributed by atoms with Crippen LogP contribution in [0.15, 0.2) is 41.5 Å². The lowest BCUT2D eigenvalue weighted by Crippen LogP contribution is -2.26. The molecule has 10 heteroatoms. The van der Waals surface area contributed by atoms with Gasteiger partial charge in [0.15, 0.2) is 11.5 Å². The highest BCUT2D eigenvalue weighted by molar-refractivity contribution is 5.91. The SMILES string of the molecule is CC(C)n1nc(CC(=O)Nc2ccc3nncn3n2)c(=O)c2ccc(C(C)(C)F)cc21.[HH]. The second kappa shape index (κ2) is 7.53. The van der Waals surface area contributed by atoms with Gasteiger partial charge < -0.3 is 5.32 Å². The fourth-order valence-electron chi connectivity index (χ4n) is 3.31. The molecule has 9 nitrogen and oxygen atoms in total. The average molecular weight is 425 g/mol. The molecule has 0 radical (unpaired) electrons. The van der Waals surface area contributed by atoms with E-state index in [-0.39, 0.29) is 25.0 Å². The van der Waals surface area contributed by atoms with Gasteiger partial charge in [-0.15, -0.1) is 15.3 Å². The second-order valence-corrected chi connectivity index (χ2v) is 8.10. The molecule has 4 aromatic rings. The van der Waals surface area contributed by atoms with Gasteiger partial charge in [0.2, 0.25) is 11.3 Å². The first kappa shape index (κ1) is 20.6. The van der Waals surface area contributed by atoms with Crippen molar-refractivity contribution in [3.63, 3.8) is 0 Å². The van der Waals surface area contributed by atoms with Crippen molar-refractivity contribution in [2.45, 2.75) is 45.8 Å². The Morgan fingerprint density at radius 3 is 2.71 bits per heavy atom. The molecule has 0 spiro atoms. The standard InChI is InChI=1S/C21H22FN7O2.H2/c1-12(2)29-16-9-13(21(3,4)22)5-6-14(16)20(31)15(26-29)10-19(30)24-17-7-8-18-25-23-11-28(18)27-17;/h5-9,11-12H,10H2,1-4H3,(H,24,27,30);1H. The predicted octanol–water partition coefficient (Wildman–Crippen LogP) is 3.05. The van der Waals surface area contributed by atoms with E-state index in [0.717, 1.165) is 0 Å². The number of benzene rings is 1. The van der Waals surface area contributed by atoms with Crippen molar-refractivity contribution in [2.75, 3.05) is 5.32 Å². The minimum atomic E-state index is -1.55. The molecule has 0 aliphatic carbocycles. The van der Waals surface area contributed by atoms with E-state index in [1.54, 1.807) is 35.0 Å². The van der Waals surface area contributed by atoms with Crippen LogP contribution in [0.25, 0.3) is 16.6 Å². The summed E-state index contributed by atoms with van der Waals surface area (Å²) in [7, 11) is 0. The number of carbonyl (C=O) groups is 1. The molecule has 1 aromatic carbocycles. The van der Waals surface area contributed by atoms with Crippen molar-refractivity contribution < 1.29 is 10.6 Å². The molecule has 0 atom stereocenters. The second-order valence-electron chi connectivity index (χ2n) is 8.10. The van der Waals surface area contributed by atoms with E-state index in [4.69, 9.17) is 0 Å². The van der Waals surface area contributed by atoms with Crippen LogP contribution in [0.1, 0.15) is 46.4 Å². The van der Waals surface area contributed by atoms with Gasteiger partial charge in [0, 0.05) is 12.9 Å². The molecule has 3 heterocycles. The number of carbonyl (C=O) groups excluding carboxylic acids is 1. The minimum Gasteiger partial charge on any atom is -0.309 e. The maximum Gasteiger partial charge on any atom is 0.231 e. The van der Waals surface area contributed by atoms with Gasteiger partial charge in [-0.2, -0.15) is 9.61 Å². The Kier molecular flexibility index (Phi) is 5.00. The third-order valence-corrected chi connectivity index (χ3v) is 4.91. The topological polar surface area (TPSA) is 107 Å². The number of anilines is 1. The van der Waals surface area contributed by atoms with Crippen molar-refractivity contribution in [1.82, 2.24) is 29.6 Å². The molecule has 0 aliphatic heterocycles. The van der Waals surface area contributed by atoms with E-state index in [2.05, 4.69) is 25.7 Å². The summed E-state index contributed by atoms with van der Waals surface area (Å²) in [6.45, 7) is 6.74. The van der Waals surface area contributed by atoms with Gasteiger partial charge in [0.25, 0.3) is 0 Å². The quantitative estimate of drug-likeness (QED) is 0.527. The Bertz CT molecular complexity index is 1360. The van der Waals surface area contributed by atoms with Crippen LogP contribution in [0.4, 0.5) is 10.2 Å². The lowest BCUT2D eigenvalue weighted by molar-refractivity contribution is -0.115. The van der Waals surface area contributed by atoms with Crippen molar-refractivity contribution in [1.29, 1.82) is 0 Å². The van der Waals surface area contributed by atoms with E-state index >= 15 is 0 Å². The summed E-state index contributed by atoms with van der Waals surface area (Å²) in [5, 5.41) is 19.3. The highest BCUT2D eigenvalue weighted by Crippen LogP contribution is 2.27. The zero-order chi connectivity index (χ0) is 22.3. The van der Waals surface area contributed by atoms with Crippen LogP contribution in [-0.4, -0.2) is 35.5 Å². The lowest BCUT2D eigenvalue weighted by Gasteiger charge is -2.19. The number of hydrogen-bond acceptors (Lipinski definition) is 6. The van der Waals surface area contributed by atoms with Crippen molar-refractivity contribution in [3.8, 4) is 0 Å². The maximum absolute atomic E-state index is 14.4. The maximum atomic E-state index is 14.4. The Balaban J connectivity index is 0.00000289. The average Bonchev–Trinajstić information content (AvgIpc) is 3.16. The molecule has 4 rings (SSSR count). The normalized spacial score (nSPS) is 12.1. The first-order chi connectivity index (χ1) is 14.6. The van der Waals surface area contributed by atoms with E-state index < -0.39 is 11.6 Å². The van der Waals surface area contributed by atoms with E-state index in [1.807, 2.05) is 13.8 Å². The molecule has 0 saturated heterocycles. The van der Waals surface area contributed by atoms with Crippen LogP contribution in [0, 0.1) is 0 Å². The van der Waals surface area contributed by atoms with Gasteiger partial charge in [-0.25, -0.2) is 4.39 Å². The first-order valence-electron chi connectivity index (χ1n) is 9.85. The predicted molar refractivity (Wildman–Crippen MR) is 116 cm³/mol.